The molecule has 1 aromatic heterocycles. The Hall–Kier alpha value is -3.43. The van der Waals surface area contributed by atoms with Crippen molar-refractivity contribution in [2.75, 3.05) is 0 Å². The van der Waals surface area contributed by atoms with Gasteiger partial charge in [-0.1, -0.05) is 6.07 Å². The van der Waals surface area contributed by atoms with Crippen molar-refractivity contribution in [3.8, 4) is 0 Å². The lowest BCUT2D eigenvalue weighted by Gasteiger charge is -1.99. The van der Waals surface area contributed by atoms with E-state index in [1.54, 1.807) is 12.4 Å². The molecule has 22 heavy (non-hydrogen) atoms. The van der Waals surface area contributed by atoms with Crippen LogP contribution < -0.4 is 0 Å². The zero-order chi connectivity index (χ0) is 16.7. The van der Waals surface area contributed by atoms with Gasteiger partial charge < -0.3 is 0 Å². The van der Waals surface area contributed by atoms with E-state index in [0.29, 0.717) is 12.1 Å². The second-order valence-electron chi connectivity index (χ2n) is 3.90. The predicted molar refractivity (Wildman–Crippen MR) is 75.4 cm³/mol. The first-order chi connectivity index (χ1) is 10.3. The zero-order valence-electron chi connectivity index (χ0n) is 11.3. The summed E-state index contributed by atoms with van der Waals surface area (Å²) < 4.78 is 0. The van der Waals surface area contributed by atoms with E-state index < -0.39 is 31.8 Å². The molecule has 0 saturated heterocycles. The van der Waals surface area contributed by atoms with Gasteiger partial charge in [-0.3, -0.25) is 35.3 Å². The standard InChI is InChI=1S/C7H5N3O6.C5H5N/c1-4-6(9(13)14)2-5(8(11)12)3-7(4)10(15)16;1-2-4-6-5-3-1/h2-3H,1H3;1-5H. The summed E-state index contributed by atoms with van der Waals surface area (Å²) in [6.45, 7) is 1.17. The molecule has 0 saturated carbocycles. The van der Waals surface area contributed by atoms with E-state index in [4.69, 9.17) is 0 Å². The summed E-state index contributed by atoms with van der Waals surface area (Å²) in [6, 6.07) is 7.11. The first-order valence-electron chi connectivity index (χ1n) is 5.77. The molecule has 0 N–H and O–H groups in total. The Bertz CT molecular complexity index is 642. The third-order valence-electron chi connectivity index (χ3n) is 2.51. The van der Waals surface area contributed by atoms with Crippen molar-refractivity contribution in [3.63, 3.8) is 0 Å². The van der Waals surface area contributed by atoms with Crippen LogP contribution in [0.1, 0.15) is 5.56 Å². The van der Waals surface area contributed by atoms with Crippen LogP contribution in [0.25, 0.3) is 0 Å². The van der Waals surface area contributed by atoms with Crippen LogP contribution >= 0.6 is 0 Å². The molecule has 0 spiro atoms. The van der Waals surface area contributed by atoms with Crippen LogP contribution in [0, 0.1) is 37.3 Å². The van der Waals surface area contributed by atoms with Crippen molar-refractivity contribution in [1.29, 1.82) is 0 Å². The van der Waals surface area contributed by atoms with E-state index in [0.717, 1.165) is 0 Å². The molecule has 10 heteroatoms. The molecular formula is C12H10N4O6. The molecular weight excluding hydrogens is 296 g/mol. The van der Waals surface area contributed by atoms with E-state index in [1.807, 2.05) is 18.2 Å². The highest BCUT2D eigenvalue weighted by molar-refractivity contribution is 5.59. The van der Waals surface area contributed by atoms with Crippen LogP contribution in [0.3, 0.4) is 0 Å². The van der Waals surface area contributed by atoms with Gasteiger partial charge in [0.1, 0.15) is 5.56 Å². The van der Waals surface area contributed by atoms with Gasteiger partial charge in [-0.25, -0.2) is 0 Å². The number of nitro benzene ring substituents is 3. The lowest BCUT2D eigenvalue weighted by atomic mass is 10.1. The van der Waals surface area contributed by atoms with Gasteiger partial charge in [0.15, 0.2) is 0 Å². The molecule has 0 atom stereocenters. The highest BCUT2D eigenvalue weighted by Crippen LogP contribution is 2.32. The molecule has 0 aliphatic heterocycles. The van der Waals surface area contributed by atoms with Gasteiger partial charge in [-0.05, 0) is 19.1 Å². The van der Waals surface area contributed by atoms with E-state index in [2.05, 4.69) is 4.98 Å². The van der Waals surface area contributed by atoms with Crippen molar-refractivity contribution >= 4 is 17.1 Å². The van der Waals surface area contributed by atoms with Crippen molar-refractivity contribution in [2.45, 2.75) is 6.92 Å². The number of non-ortho nitro benzene ring substituents is 1. The minimum atomic E-state index is -0.917. The second kappa shape index (κ2) is 7.38. The quantitative estimate of drug-likeness (QED) is 0.626. The Balaban J connectivity index is 0.000000335. The summed E-state index contributed by atoms with van der Waals surface area (Å²) in [5, 5.41) is 31.5. The van der Waals surface area contributed by atoms with Crippen LogP contribution in [0.15, 0.2) is 42.7 Å². The summed E-state index contributed by atoms with van der Waals surface area (Å²) >= 11 is 0. The van der Waals surface area contributed by atoms with Crippen molar-refractivity contribution in [3.05, 3.63) is 78.6 Å². The third kappa shape index (κ3) is 4.30. The molecule has 0 radical (unpaired) electrons. The number of hydrogen-bond acceptors (Lipinski definition) is 7. The monoisotopic (exact) mass is 306 g/mol. The van der Waals surface area contributed by atoms with Gasteiger partial charge in [-0.15, -0.1) is 0 Å². The smallest absolute Gasteiger partial charge is 0.265 e. The van der Waals surface area contributed by atoms with Crippen LogP contribution in [0.4, 0.5) is 17.1 Å². The fraction of sp³-hybridized carbons (Fsp3) is 0.0833. The molecule has 0 unspecified atom stereocenters. The van der Waals surface area contributed by atoms with E-state index in [-0.39, 0.29) is 5.56 Å². The van der Waals surface area contributed by atoms with E-state index in [1.165, 1.54) is 6.92 Å². The van der Waals surface area contributed by atoms with Gasteiger partial charge in [-0.2, -0.15) is 0 Å². The Kier molecular flexibility index (Phi) is 5.58. The van der Waals surface area contributed by atoms with Crippen molar-refractivity contribution in [2.24, 2.45) is 0 Å². The Morgan fingerprint density at radius 2 is 1.27 bits per heavy atom. The van der Waals surface area contributed by atoms with Gasteiger partial charge in [0, 0.05) is 12.4 Å². The highest BCUT2D eigenvalue weighted by Gasteiger charge is 2.27. The largest absolute Gasteiger partial charge is 0.286 e. The fourth-order valence-corrected chi connectivity index (χ4v) is 1.47. The molecule has 2 rings (SSSR count). The molecule has 0 fully saturated rings. The number of aromatic nitrogens is 1. The first-order valence-corrected chi connectivity index (χ1v) is 5.77. The number of nitro groups is 3. The van der Waals surface area contributed by atoms with Gasteiger partial charge in [0.2, 0.25) is 0 Å². The SMILES string of the molecule is Cc1c([N+](=O)[O-])cc([N+](=O)[O-])cc1[N+](=O)[O-].c1ccncc1. The van der Waals surface area contributed by atoms with E-state index in [9.17, 15) is 30.3 Å². The fourth-order valence-electron chi connectivity index (χ4n) is 1.47. The lowest BCUT2D eigenvalue weighted by Crippen LogP contribution is -2.00. The lowest BCUT2D eigenvalue weighted by molar-refractivity contribution is -0.403. The summed E-state index contributed by atoms with van der Waals surface area (Å²) in [4.78, 5) is 32.6. The van der Waals surface area contributed by atoms with Gasteiger partial charge in [0.25, 0.3) is 17.1 Å². The summed E-state index contributed by atoms with van der Waals surface area (Å²) in [7, 11) is 0. The molecule has 2 aromatic rings. The average Bonchev–Trinajstić information content (AvgIpc) is 2.49. The molecule has 0 bridgehead atoms. The minimum absolute atomic E-state index is 0.208. The maximum Gasteiger partial charge on any atom is 0.286 e. The number of rotatable bonds is 3. The molecule has 1 heterocycles. The molecule has 0 aliphatic carbocycles. The number of pyridine rings is 1. The Morgan fingerprint density at radius 1 is 0.818 bits per heavy atom. The predicted octanol–water partition coefficient (Wildman–Crippen LogP) is 2.80. The topological polar surface area (TPSA) is 142 Å². The summed E-state index contributed by atoms with van der Waals surface area (Å²) in [5.74, 6) is 0. The first kappa shape index (κ1) is 16.6. The summed E-state index contributed by atoms with van der Waals surface area (Å²) in [5.41, 5.74) is -2.16. The van der Waals surface area contributed by atoms with E-state index >= 15 is 0 Å². The summed E-state index contributed by atoms with van der Waals surface area (Å²) in [6.07, 6.45) is 3.50. The minimum Gasteiger partial charge on any atom is -0.265 e. The highest BCUT2D eigenvalue weighted by atomic mass is 16.6. The molecule has 10 nitrogen and oxygen atoms in total. The molecule has 0 aliphatic rings. The number of nitrogens with zero attached hydrogens (tertiary/aromatic N) is 4. The Morgan fingerprint density at radius 3 is 1.50 bits per heavy atom. The zero-order valence-corrected chi connectivity index (χ0v) is 11.3. The number of benzene rings is 1. The van der Waals surface area contributed by atoms with Crippen LogP contribution in [0.5, 0.6) is 0 Å². The maximum absolute atomic E-state index is 10.5. The molecule has 0 amide bonds. The van der Waals surface area contributed by atoms with Crippen LogP contribution in [0.2, 0.25) is 0 Å². The van der Waals surface area contributed by atoms with Gasteiger partial charge in [0.05, 0.1) is 26.9 Å². The second-order valence-corrected chi connectivity index (χ2v) is 3.90. The van der Waals surface area contributed by atoms with Crippen molar-refractivity contribution < 1.29 is 14.8 Å². The Labute approximate surface area is 123 Å². The van der Waals surface area contributed by atoms with Crippen LogP contribution in [-0.4, -0.2) is 19.8 Å². The van der Waals surface area contributed by atoms with Crippen molar-refractivity contribution in [1.82, 2.24) is 4.98 Å². The normalized spacial score (nSPS) is 9.32. The third-order valence-corrected chi connectivity index (χ3v) is 2.51. The maximum atomic E-state index is 10.5. The van der Waals surface area contributed by atoms with Gasteiger partial charge >= 0.3 is 0 Å². The molecule has 114 valence electrons. The van der Waals surface area contributed by atoms with Crippen LogP contribution in [-0.2, 0) is 0 Å². The average molecular weight is 306 g/mol. The molecule has 1 aromatic carbocycles. The number of hydrogen-bond donors (Lipinski definition) is 0.